The lowest BCUT2D eigenvalue weighted by Crippen LogP contribution is -2.47. The molecule has 3 atom stereocenters. The molecular formula is C17H24BrNO. The third-order valence-electron chi connectivity index (χ3n) is 4.83. The monoisotopic (exact) mass is 337 g/mol. The summed E-state index contributed by atoms with van der Waals surface area (Å²) in [7, 11) is 0. The molecule has 0 aromatic heterocycles. The Bertz CT molecular complexity index is 462. The summed E-state index contributed by atoms with van der Waals surface area (Å²) in [5, 5.41) is 14.0. The first-order valence-electron chi connectivity index (χ1n) is 7.94. The van der Waals surface area contributed by atoms with Gasteiger partial charge in [0.25, 0.3) is 0 Å². The first-order chi connectivity index (χ1) is 9.72. The van der Waals surface area contributed by atoms with Gasteiger partial charge in [-0.25, -0.2) is 0 Å². The van der Waals surface area contributed by atoms with Crippen molar-refractivity contribution in [3.8, 4) is 0 Å². The van der Waals surface area contributed by atoms with Crippen LogP contribution in [0.15, 0.2) is 22.7 Å². The molecule has 1 saturated carbocycles. The molecule has 0 spiro atoms. The van der Waals surface area contributed by atoms with Crippen molar-refractivity contribution in [2.24, 2.45) is 0 Å². The average molecular weight is 338 g/mol. The van der Waals surface area contributed by atoms with E-state index in [1.165, 1.54) is 41.3 Å². The van der Waals surface area contributed by atoms with Crippen LogP contribution in [0.25, 0.3) is 0 Å². The van der Waals surface area contributed by atoms with Gasteiger partial charge in [-0.3, -0.25) is 0 Å². The van der Waals surface area contributed by atoms with Crippen LogP contribution in [-0.2, 0) is 12.8 Å². The van der Waals surface area contributed by atoms with E-state index in [1.54, 1.807) is 0 Å². The second kappa shape index (κ2) is 6.59. The highest BCUT2D eigenvalue weighted by Crippen LogP contribution is 2.26. The van der Waals surface area contributed by atoms with Crippen molar-refractivity contribution in [3.05, 3.63) is 33.8 Å². The molecule has 3 unspecified atom stereocenters. The molecule has 0 heterocycles. The fourth-order valence-corrected chi connectivity index (χ4v) is 4.06. The number of fused-ring (bicyclic) bond motifs is 1. The highest BCUT2D eigenvalue weighted by molar-refractivity contribution is 9.10. The van der Waals surface area contributed by atoms with Crippen LogP contribution in [0, 0.1) is 0 Å². The van der Waals surface area contributed by atoms with Gasteiger partial charge in [-0.05, 0) is 55.4 Å². The van der Waals surface area contributed by atoms with Gasteiger partial charge in [0.05, 0.1) is 6.10 Å². The molecule has 3 heteroatoms. The van der Waals surface area contributed by atoms with Crippen molar-refractivity contribution >= 4 is 15.9 Å². The van der Waals surface area contributed by atoms with E-state index in [0.29, 0.717) is 12.1 Å². The quantitative estimate of drug-likeness (QED) is 0.808. The minimum absolute atomic E-state index is 0.149. The van der Waals surface area contributed by atoms with Crippen LogP contribution in [0.2, 0.25) is 0 Å². The Labute approximate surface area is 130 Å². The largest absolute Gasteiger partial charge is 0.392 e. The summed E-state index contributed by atoms with van der Waals surface area (Å²) in [5.74, 6) is 0. The van der Waals surface area contributed by atoms with Crippen LogP contribution in [0.5, 0.6) is 0 Å². The average Bonchev–Trinajstić information content (AvgIpc) is 2.64. The standard InChI is InChI=1S/C17H24BrNO/c18-14-8-6-13-11-15(9-7-12(13)10-14)19-16-4-2-1-3-5-17(16)20/h6,8,10,15-17,19-20H,1-5,7,9,11H2. The van der Waals surface area contributed by atoms with Crippen molar-refractivity contribution in [2.45, 2.75) is 69.6 Å². The third kappa shape index (κ3) is 3.44. The third-order valence-corrected chi connectivity index (χ3v) is 5.32. The second-order valence-corrected chi connectivity index (χ2v) is 7.25. The van der Waals surface area contributed by atoms with Crippen molar-refractivity contribution in [2.75, 3.05) is 0 Å². The van der Waals surface area contributed by atoms with Gasteiger partial charge in [0, 0.05) is 16.6 Å². The molecule has 0 radical (unpaired) electrons. The number of hydrogen-bond donors (Lipinski definition) is 2. The van der Waals surface area contributed by atoms with Gasteiger partial charge in [0.1, 0.15) is 0 Å². The minimum atomic E-state index is -0.149. The van der Waals surface area contributed by atoms with E-state index >= 15 is 0 Å². The summed E-state index contributed by atoms with van der Waals surface area (Å²) < 4.78 is 1.18. The maximum atomic E-state index is 10.2. The number of nitrogens with one attached hydrogen (secondary N) is 1. The predicted octanol–water partition coefficient (Wildman–Crippen LogP) is 3.59. The molecule has 0 aliphatic heterocycles. The maximum Gasteiger partial charge on any atom is 0.0693 e. The molecule has 2 aliphatic carbocycles. The smallest absolute Gasteiger partial charge is 0.0693 e. The van der Waals surface area contributed by atoms with Gasteiger partial charge < -0.3 is 10.4 Å². The number of benzene rings is 1. The van der Waals surface area contributed by atoms with Gasteiger partial charge in [-0.15, -0.1) is 0 Å². The van der Waals surface area contributed by atoms with Crippen molar-refractivity contribution in [1.29, 1.82) is 0 Å². The Morgan fingerprint density at radius 3 is 2.80 bits per heavy atom. The van der Waals surface area contributed by atoms with E-state index in [1.807, 2.05) is 0 Å². The molecule has 0 bridgehead atoms. The second-order valence-electron chi connectivity index (χ2n) is 6.33. The lowest BCUT2D eigenvalue weighted by Gasteiger charge is -2.31. The summed E-state index contributed by atoms with van der Waals surface area (Å²) in [4.78, 5) is 0. The highest BCUT2D eigenvalue weighted by atomic mass is 79.9. The zero-order valence-electron chi connectivity index (χ0n) is 11.9. The number of aliphatic hydroxyl groups excluding tert-OH is 1. The van der Waals surface area contributed by atoms with Crippen LogP contribution in [0.3, 0.4) is 0 Å². The van der Waals surface area contributed by atoms with E-state index in [2.05, 4.69) is 39.4 Å². The summed E-state index contributed by atoms with van der Waals surface area (Å²) in [6.45, 7) is 0. The van der Waals surface area contributed by atoms with E-state index in [4.69, 9.17) is 0 Å². The van der Waals surface area contributed by atoms with Crippen molar-refractivity contribution in [1.82, 2.24) is 5.32 Å². The van der Waals surface area contributed by atoms with E-state index in [-0.39, 0.29) is 6.10 Å². The van der Waals surface area contributed by atoms with Gasteiger partial charge in [0.15, 0.2) is 0 Å². The fourth-order valence-electron chi connectivity index (χ4n) is 3.65. The Morgan fingerprint density at radius 1 is 1.05 bits per heavy atom. The van der Waals surface area contributed by atoms with E-state index < -0.39 is 0 Å². The molecule has 2 N–H and O–H groups in total. The molecule has 0 amide bonds. The molecule has 20 heavy (non-hydrogen) atoms. The summed E-state index contributed by atoms with van der Waals surface area (Å²) >= 11 is 3.55. The number of hydrogen-bond acceptors (Lipinski definition) is 2. The Balaban J connectivity index is 1.63. The van der Waals surface area contributed by atoms with Crippen molar-refractivity contribution in [3.63, 3.8) is 0 Å². The number of halogens is 1. The molecule has 3 rings (SSSR count). The Morgan fingerprint density at radius 2 is 1.90 bits per heavy atom. The maximum absolute atomic E-state index is 10.2. The number of aryl methyl sites for hydroxylation is 1. The summed E-state index contributed by atoms with van der Waals surface area (Å²) in [6, 6.07) is 7.48. The molecule has 0 saturated heterocycles. The predicted molar refractivity (Wildman–Crippen MR) is 86.0 cm³/mol. The topological polar surface area (TPSA) is 32.3 Å². The molecule has 2 nitrogen and oxygen atoms in total. The normalized spacial score (nSPS) is 30.6. The molecule has 110 valence electrons. The van der Waals surface area contributed by atoms with Crippen LogP contribution < -0.4 is 5.32 Å². The van der Waals surface area contributed by atoms with Crippen LogP contribution in [-0.4, -0.2) is 23.3 Å². The Hall–Kier alpha value is -0.380. The van der Waals surface area contributed by atoms with Gasteiger partial charge >= 0.3 is 0 Å². The van der Waals surface area contributed by atoms with E-state index in [9.17, 15) is 5.11 Å². The lowest BCUT2D eigenvalue weighted by molar-refractivity contribution is 0.112. The zero-order valence-corrected chi connectivity index (χ0v) is 13.5. The molecule has 2 aliphatic rings. The summed E-state index contributed by atoms with van der Waals surface area (Å²) in [6.07, 6.45) is 9.10. The highest BCUT2D eigenvalue weighted by Gasteiger charge is 2.26. The van der Waals surface area contributed by atoms with Gasteiger partial charge in [-0.2, -0.15) is 0 Å². The zero-order chi connectivity index (χ0) is 13.9. The minimum Gasteiger partial charge on any atom is -0.392 e. The fraction of sp³-hybridized carbons (Fsp3) is 0.647. The van der Waals surface area contributed by atoms with Gasteiger partial charge in [-0.1, -0.05) is 41.3 Å². The number of rotatable bonds is 2. The van der Waals surface area contributed by atoms with Crippen LogP contribution in [0.1, 0.15) is 49.7 Å². The lowest BCUT2D eigenvalue weighted by atomic mass is 9.87. The van der Waals surface area contributed by atoms with Gasteiger partial charge in [0.2, 0.25) is 0 Å². The van der Waals surface area contributed by atoms with Crippen molar-refractivity contribution < 1.29 is 5.11 Å². The molecule has 1 fully saturated rings. The molecule has 1 aromatic carbocycles. The first kappa shape index (κ1) is 14.6. The molecular weight excluding hydrogens is 314 g/mol. The van der Waals surface area contributed by atoms with E-state index in [0.717, 1.165) is 25.7 Å². The first-order valence-corrected chi connectivity index (χ1v) is 8.73. The Kier molecular flexibility index (Phi) is 4.79. The number of aliphatic hydroxyl groups is 1. The summed E-state index contributed by atoms with van der Waals surface area (Å²) in [5.41, 5.74) is 2.96. The van der Waals surface area contributed by atoms with Crippen LogP contribution in [0.4, 0.5) is 0 Å². The SMILES string of the molecule is OC1CCCCCC1NC1CCc2cc(Br)ccc2C1. The molecule has 1 aromatic rings. The van der Waals surface area contributed by atoms with Crippen LogP contribution >= 0.6 is 15.9 Å².